The molecule has 196 valence electrons. The van der Waals surface area contributed by atoms with Crippen LogP contribution in [0, 0.1) is 13.8 Å². The molecule has 0 aliphatic carbocycles. The third kappa shape index (κ3) is 4.59. The standard InChI is InChI=1S/C29H27N7O2S/c1-19-16-25(20(2)36(19)34-17-31-32-18-34)28-27(26-6-4-5-15-30-26)33-29(39)35(28)21-7-9-23(10-8-21)38-24-13-11-22(37-3)12-14-24/h4-18,27-28H,1-3H3,(H,33,39)/t27-,28+/m1/s1. The Hall–Kier alpha value is -4.70. The first-order chi connectivity index (χ1) is 19.0. The number of benzene rings is 2. The van der Waals surface area contributed by atoms with Crippen LogP contribution in [0.2, 0.25) is 0 Å². The molecular formula is C29H27N7O2S. The van der Waals surface area contributed by atoms with E-state index in [9.17, 15) is 0 Å². The molecule has 5 aromatic rings. The number of thiocarbonyl (C=S) groups is 1. The maximum Gasteiger partial charge on any atom is 0.174 e. The van der Waals surface area contributed by atoms with Crippen LogP contribution in [0.1, 0.15) is 34.7 Å². The van der Waals surface area contributed by atoms with E-state index in [1.54, 1.807) is 19.8 Å². The zero-order valence-electron chi connectivity index (χ0n) is 21.7. The summed E-state index contributed by atoms with van der Waals surface area (Å²) in [4.78, 5) is 6.83. The van der Waals surface area contributed by atoms with Gasteiger partial charge in [-0.15, -0.1) is 10.2 Å². The van der Waals surface area contributed by atoms with Gasteiger partial charge in [-0.1, -0.05) is 6.07 Å². The molecule has 6 rings (SSSR count). The van der Waals surface area contributed by atoms with E-state index in [1.165, 1.54) is 0 Å². The highest BCUT2D eigenvalue weighted by Gasteiger charge is 2.42. The molecular weight excluding hydrogens is 510 g/mol. The number of pyridine rings is 1. The molecule has 1 aliphatic rings. The Kier molecular flexibility index (Phi) is 6.45. The minimum Gasteiger partial charge on any atom is -0.497 e. The van der Waals surface area contributed by atoms with Gasteiger partial charge in [-0.2, -0.15) is 0 Å². The van der Waals surface area contributed by atoms with E-state index < -0.39 is 0 Å². The molecule has 2 aromatic carbocycles. The van der Waals surface area contributed by atoms with Crippen molar-refractivity contribution in [1.82, 2.24) is 29.9 Å². The molecule has 0 saturated carbocycles. The predicted octanol–water partition coefficient (Wildman–Crippen LogP) is 5.38. The van der Waals surface area contributed by atoms with Gasteiger partial charge in [-0.3, -0.25) is 9.66 Å². The van der Waals surface area contributed by atoms with E-state index in [0.717, 1.165) is 45.6 Å². The van der Waals surface area contributed by atoms with Crippen molar-refractivity contribution in [2.24, 2.45) is 0 Å². The highest BCUT2D eigenvalue weighted by atomic mass is 32.1. The molecule has 4 heterocycles. The maximum atomic E-state index is 6.05. The SMILES string of the molecule is COc1ccc(Oc2ccc(N3C(=S)N[C@H](c4ccccn4)[C@@H]3c3cc(C)n(-n4cnnc4)c3C)cc2)cc1. The first-order valence-electron chi connectivity index (χ1n) is 12.5. The molecule has 0 spiro atoms. The number of rotatable bonds is 7. The lowest BCUT2D eigenvalue weighted by Gasteiger charge is -2.28. The van der Waals surface area contributed by atoms with Crippen molar-refractivity contribution < 1.29 is 9.47 Å². The summed E-state index contributed by atoms with van der Waals surface area (Å²) < 4.78 is 15.3. The molecule has 0 amide bonds. The average Bonchev–Trinajstić information content (AvgIpc) is 3.68. The predicted molar refractivity (Wildman–Crippen MR) is 152 cm³/mol. The van der Waals surface area contributed by atoms with Crippen LogP contribution < -0.4 is 19.7 Å². The van der Waals surface area contributed by atoms with Crippen molar-refractivity contribution in [2.75, 3.05) is 12.0 Å². The second-order valence-corrected chi connectivity index (χ2v) is 9.63. The van der Waals surface area contributed by atoms with Gasteiger partial charge in [0.15, 0.2) is 5.11 Å². The van der Waals surface area contributed by atoms with Crippen molar-refractivity contribution in [1.29, 1.82) is 0 Å². The number of methoxy groups -OCH3 is 1. The van der Waals surface area contributed by atoms with Crippen molar-refractivity contribution in [3.8, 4) is 17.2 Å². The first-order valence-corrected chi connectivity index (χ1v) is 12.9. The van der Waals surface area contributed by atoms with Gasteiger partial charge in [-0.25, -0.2) is 4.68 Å². The number of aromatic nitrogens is 5. The molecule has 9 nitrogen and oxygen atoms in total. The topological polar surface area (TPSA) is 82.3 Å². The van der Waals surface area contributed by atoms with Crippen LogP contribution in [0.3, 0.4) is 0 Å². The summed E-state index contributed by atoms with van der Waals surface area (Å²) in [7, 11) is 1.64. The third-order valence-electron chi connectivity index (χ3n) is 6.90. The number of aryl methyl sites for hydroxylation is 1. The molecule has 0 bridgehead atoms. The summed E-state index contributed by atoms with van der Waals surface area (Å²) in [6.07, 6.45) is 5.19. The van der Waals surface area contributed by atoms with Crippen molar-refractivity contribution in [2.45, 2.75) is 25.9 Å². The monoisotopic (exact) mass is 537 g/mol. The van der Waals surface area contributed by atoms with Crippen LogP contribution in [0.4, 0.5) is 5.69 Å². The van der Waals surface area contributed by atoms with Crippen LogP contribution in [0.15, 0.2) is 91.6 Å². The van der Waals surface area contributed by atoms with Gasteiger partial charge in [0.05, 0.1) is 24.9 Å². The highest BCUT2D eigenvalue weighted by molar-refractivity contribution is 7.80. The van der Waals surface area contributed by atoms with Crippen molar-refractivity contribution in [3.05, 3.63) is 114 Å². The lowest BCUT2D eigenvalue weighted by atomic mass is 9.96. The van der Waals surface area contributed by atoms with Crippen molar-refractivity contribution in [3.63, 3.8) is 0 Å². The summed E-state index contributed by atoms with van der Waals surface area (Å²) in [6, 6.07) is 23.3. The van der Waals surface area contributed by atoms with Gasteiger partial charge in [0.2, 0.25) is 0 Å². The van der Waals surface area contributed by atoms with Crippen LogP contribution in [-0.2, 0) is 0 Å². The van der Waals surface area contributed by atoms with Crippen LogP contribution >= 0.6 is 12.2 Å². The summed E-state index contributed by atoms with van der Waals surface area (Å²) in [5, 5.41) is 12.2. The number of nitrogens with one attached hydrogen (secondary N) is 1. The smallest absolute Gasteiger partial charge is 0.174 e. The third-order valence-corrected chi connectivity index (χ3v) is 7.21. The van der Waals surface area contributed by atoms with E-state index in [-0.39, 0.29) is 12.1 Å². The Bertz CT molecular complexity index is 1580. The lowest BCUT2D eigenvalue weighted by molar-refractivity contribution is 0.413. The number of nitrogens with zero attached hydrogens (tertiary/aromatic N) is 6. The van der Waals surface area contributed by atoms with Crippen LogP contribution in [-0.4, -0.2) is 36.8 Å². The molecule has 10 heteroatoms. The van der Waals surface area contributed by atoms with Crippen LogP contribution in [0.5, 0.6) is 17.2 Å². The van der Waals surface area contributed by atoms with E-state index in [0.29, 0.717) is 5.11 Å². The minimum absolute atomic E-state index is 0.141. The summed E-state index contributed by atoms with van der Waals surface area (Å²) >= 11 is 5.91. The van der Waals surface area contributed by atoms with E-state index in [1.807, 2.05) is 77.6 Å². The van der Waals surface area contributed by atoms with Crippen molar-refractivity contribution >= 4 is 23.0 Å². The quantitative estimate of drug-likeness (QED) is 0.277. The Labute approximate surface area is 231 Å². The number of anilines is 1. The number of hydrogen-bond donors (Lipinski definition) is 1. The fourth-order valence-electron chi connectivity index (χ4n) is 5.13. The zero-order valence-corrected chi connectivity index (χ0v) is 22.5. The minimum atomic E-state index is -0.149. The normalized spacial score (nSPS) is 16.8. The number of hydrogen-bond acceptors (Lipinski definition) is 6. The molecule has 39 heavy (non-hydrogen) atoms. The first kappa shape index (κ1) is 24.6. The van der Waals surface area contributed by atoms with Gasteiger partial charge in [0.1, 0.15) is 29.9 Å². The zero-order chi connectivity index (χ0) is 26.9. The maximum absolute atomic E-state index is 6.05. The number of ether oxygens (including phenoxy) is 2. The van der Waals surface area contributed by atoms with Gasteiger partial charge in [0.25, 0.3) is 0 Å². The Morgan fingerprint density at radius 3 is 2.18 bits per heavy atom. The Morgan fingerprint density at radius 1 is 0.872 bits per heavy atom. The summed E-state index contributed by atoms with van der Waals surface area (Å²) in [5.41, 5.74) is 5.12. The largest absolute Gasteiger partial charge is 0.497 e. The summed E-state index contributed by atoms with van der Waals surface area (Å²) in [5.74, 6) is 2.24. The molecule has 2 atom stereocenters. The fraction of sp³-hybridized carbons (Fsp3) is 0.172. The molecule has 1 aliphatic heterocycles. The van der Waals surface area contributed by atoms with Gasteiger partial charge < -0.3 is 19.7 Å². The van der Waals surface area contributed by atoms with Crippen LogP contribution in [0.25, 0.3) is 0 Å². The summed E-state index contributed by atoms with van der Waals surface area (Å²) in [6.45, 7) is 4.17. The lowest BCUT2D eigenvalue weighted by Crippen LogP contribution is -2.29. The van der Waals surface area contributed by atoms with Gasteiger partial charge in [0, 0.05) is 28.8 Å². The van der Waals surface area contributed by atoms with Gasteiger partial charge in [-0.05, 0) is 92.8 Å². The average molecular weight is 538 g/mol. The second kappa shape index (κ2) is 10.2. The molecule has 3 aromatic heterocycles. The molecule has 0 unspecified atom stereocenters. The fourth-order valence-corrected chi connectivity index (χ4v) is 5.48. The molecule has 0 radical (unpaired) electrons. The Balaban J connectivity index is 1.37. The van der Waals surface area contributed by atoms with E-state index in [2.05, 4.69) is 50.0 Å². The molecule has 1 N–H and O–H groups in total. The van der Waals surface area contributed by atoms with Gasteiger partial charge >= 0.3 is 0 Å². The highest BCUT2D eigenvalue weighted by Crippen LogP contribution is 2.43. The molecule has 1 saturated heterocycles. The second-order valence-electron chi connectivity index (χ2n) is 9.25. The van der Waals surface area contributed by atoms with E-state index >= 15 is 0 Å². The molecule has 1 fully saturated rings. The Morgan fingerprint density at radius 2 is 1.54 bits per heavy atom. The van der Waals surface area contributed by atoms with E-state index in [4.69, 9.17) is 21.7 Å².